The average molecular weight is 422 g/mol. The summed E-state index contributed by atoms with van der Waals surface area (Å²) < 4.78 is 9.75. The highest BCUT2D eigenvalue weighted by atomic mass is 35.5. The Morgan fingerprint density at radius 1 is 1.00 bits per heavy atom. The molecule has 0 heterocycles. The van der Waals surface area contributed by atoms with E-state index in [2.05, 4.69) is 5.32 Å². The maximum Gasteiger partial charge on any atom is 0.338 e. The van der Waals surface area contributed by atoms with Crippen LogP contribution >= 0.6 is 23.2 Å². The summed E-state index contributed by atoms with van der Waals surface area (Å²) in [5, 5.41) is 3.34. The molecule has 2 rings (SSSR count). The molecule has 0 saturated heterocycles. The molecule has 0 aliphatic carbocycles. The van der Waals surface area contributed by atoms with Crippen molar-refractivity contribution in [3.05, 3.63) is 69.7 Å². The minimum Gasteiger partial charge on any atom is -0.462 e. The van der Waals surface area contributed by atoms with Crippen LogP contribution in [0.15, 0.2) is 48.5 Å². The van der Waals surface area contributed by atoms with E-state index in [0.29, 0.717) is 26.9 Å². The third-order valence-electron chi connectivity index (χ3n) is 3.38. The first-order chi connectivity index (χ1) is 13.4. The lowest BCUT2D eigenvalue weighted by molar-refractivity contribution is -0.142. The molecule has 0 aromatic heterocycles. The highest BCUT2D eigenvalue weighted by Gasteiger charge is 2.08. The van der Waals surface area contributed by atoms with Crippen LogP contribution in [0.4, 0.5) is 5.69 Å². The monoisotopic (exact) mass is 421 g/mol. The van der Waals surface area contributed by atoms with E-state index >= 15 is 0 Å². The van der Waals surface area contributed by atoms with E-state index in [0.717, 1.165) is 0 Å². The van der Waals surface area contributed by atoms with E-state index in [4.69, 9.17) is 32.7 Å². The van der Waals surface area contributed by atoms with Crippen LogP contribution in [0, 0.1) is 0 Å². The van der Waals surface area contributed by atoms with Crippen LogP contribution in [-0.4, -0.2) is 31.1 Å². The summed E-state index contributed by atoms with van der Waals surface area (Å²) in [6.07, 6.45) is 2.68. The van der Waals surface area contributed by atoms with E-state index in [1.165, 1.54) is 24.3 Å². The minimum absolute atomic E-state index is 0.280. The van der Waals surface area contributed by atoms with Crippen molar-refractivity contribution in [2.24, 2.45) is 0 Å². The molecule has 0 fully saturated rings. The molecular formula is C20H17Cl2NO5. The van der Waals surface area contributed by atoms with E-state index < -0.39 is 24.5 Å². The predicted molar refractivity (Wildman–Crippen MR) is 107 cm³/mol. The van der Waals surface area contributed by atoms with Gasteiger partial charge in [-0.2, -0.15) is 0 Å². The summed E-state index contributed by atoms with van der Waals surface area (Å²) in [5.41, 5.74) is 1.50. The molecule has 0 aliphatic rings. The van der Waals surface area contributed by atoms with Gasteiger partial charge < -0.3 is 14.8 Å². The van der Waals surface area contributed by atoms with Crippen molar-refractivity contribution in [2.45, 2.75) is 6.92 Å². The molecule has 146 valence electrons. The van der Waals surface area contributed by atoms with Gasteiger partial charge in [-0.05, 0) is 55.0 Å². The van der Waals surface area contributed by atoms with Gasteiger partial charge in [-0.15, -0.1) is 0 Å². The predicted octanol–water partition coefficient (Wildman–Crippen LogP) is 4.37. The summed E-state index contributed by atoms with van der Waals surface area (Å²) in [6, 6.07) is 11.0. The van der Waals surface area contributed by atoms with Crippen molar-refractivity contribution in [2.75, 3.05) is 18.5 Å². The molecule has 28 heavy (non-hydrogen) atoms. The highest BCUT2D eigenvalue weighted by molar-refractivity contribution is 6.42. The van der Waals surface area contributed by atoms with Crippen molar-refractivity contribution in [3.63, 3.8) is 0 Å². The van der Waals surface area contributed by atoms with Gasteiger partial charge in [-0.25, -0.2) is 9.59 Å². The fourth-order valence-electron chi connectivity index (χ4n) is 2.07. The smallest absolute Gasteiger partial charge is 0.338 e. The number of carbonyl (C=O) groups excluding carboxylic acids is 3. The Hall–Kier alpha value is -2.83. The Kier molecular flexibility index (Phi) is 8.04. The Morgan fingerprint density at radius 2 is 1.71 bits per heavy atom. The summed E-state index contributed by atoms with van der Waals surface area (Å²) in [6.45, 7) is 1.54. The van der Waals surface area contributed by atoms with Gasteiger partial charge in [0.05, 0.1) is 22.2 Å². The van der Waals surface area contributed by atoms with Gasteiger partial charge in [-0.3, -0.25) is 4.79 Å². The number of rotatable bonds is 7. The van der Waals surface area contributed by atoms with Crippen molar-refractivity contribution in [1.82, 2.24) is 0 Å². The summed E-state index contributed by atoms with van der Waals surface area (Å²) in [5.74, 6) is -1.64. The molecule has 0 bridgehead atoms. The lowest BCUT2D eigenvalue weighted by Crippen LogP contribution is -2.20. The molecule has 2 aromatic carbocycles. The fraction of sp³-hybridized carbons (Fsp3) is 0.150. The lowest BCUT2D eigenvalue weighted by atomic mass is 10.2. The van der Waals surface area contributed by atoms with Crippen molar-refractivity contribution in [3.8, 4) is 0 Å². The summed E-state index contributed by atoms with van der Waals surface area (Å²) >= 11 is 11.7. The van der Waals surface area contributed by atoms with Gasteiger partial charge in [0.25, 0.3) is 5.91 Å². The largest absolute Gasteiger partial charge is 0.462 e. The molecule has 1 N–H and O–H groups in total. The number of halogens is 2. The Labute approximate surface area is 172 Å². The van der Waals surface area contributed by atoms with E-state index in [9.17, 15) is 14.4 Å². The summed E-state index contributed by atoms with van der Waals surface area (Å²) in [7, 11) is 0. The van der Waals surface area contributed by atoms with Crippen molar-refractivity contribution in [1.29, 1.82) is 0 Å². The quantitative estimate of drug-likeness (QED) is 0.530. The minimum atomic E-state index is -0.682. The summed E-state index contributed by atoms with van der Waals surface area (Å²) in [4.78, 5) is 35.1. The van der Waals surface area contributed by atoms with Gasteiger partial charge in [-0.1, -0.05) is 29.3 Å². The number of hydrogen-bond donors (Lipinski definition) is 1. The molecule has 8 heteroatoms. The van der Waals surface area contributed by atoms with Crippen molar-refractivity contribution >= 4 is 52.8 Å². The number of carbonyl (C=O) groups is 3. The number of benzene rings is 2. The van der Waals surface area contributed by atoms with Crippen LogP contribution in [-0.2, 0) is 19.1 Å². The standard InChI is InChI=1S/C20H17Cl2NO5/c1-2-27-20(26)14-5-7-15(8-6-14)23-18(24)12-28-19(25)10-4-13-3-9-16(21)17(22)11-13/h3-11H,2,12H2,1H3,(H,23,24). The third kappa shape index (κ3) is 6.72. The molecule has 0 unspecified atom stereocenters. The third-order valence-corrected chi connectivity index (χ3v) is 4.12. The molecule has 0 aliphatic heterocycles. The Balaban J connectivity index is 1.81. The van der Waals surface area contributed by atoms with Crippen LogP contribution < -0.4 is 5.32 Å². The first kappa shape index (κ1) is 21.5. The molecule has 0 saturated carbocycles. The molecule has 0 atom stereocenters. The van der Waals surface area contributed by atoms with Crippen LogP contribution in [0.1, 0.15) is 22.8 Å². The van der Waals surface area contributed by atoms with E-state index in [1.807, 2.05) is 0 Å². The van der Waals surface area contributed by atoms with Crippen LogP contribution in [0.3, 0.4) is 0 Å². The maximum atomic E-state index is 11.9. The van der Waals surface area contributed by atoms with Gasteiger partial charge in [0, 0.05) is 11.8 Å². The highest BCUT2D eigenvalue weighted by Crippen LogP contribution is 2.23. The van der Waals surface area contributed by atoms with E-state index in [-0.39, 0.29) is 6.61 Å². The Bertz CT molecular complexity index is 894. The number of hydrogen-bond acceptors (Lipinski definition) is 5. The average Bonchev–Trinajstić information content (AvgIpc) is 2.68. The van der Waals surface area contributed by atoms with Gasteiger partial charge in [0.15, 0.2) is 6.61 Å². The number of nitrogens with one attached hydrogen (secondary N) is 1. The second kappa shape index (κ2) is 10.5. The SMILES string of the molecule is CCOC(=O)c1ccc(NC(=O)COC(=O)C=Cc2ccc(Cl)c(Cl)c2)cc1. The molecule has 0 spiro atoms. The van der Waals surface area contributed by atoms with Crippen LogP contribution in [0.2, 0.25) is 10.0 Å². The zero-order chi connectivity index (χ0) is 20.5. The van der Waals surface area contributed by atoms with Crippen LogP contribution in [0.5, 0.6) is 0 Å². The Morgan fingerprint density at radius 3 is 2.36 bits per heavy atom. The number of ether oxygens (including phenoxy) is 2. The second-order valence-corrected chi connectivity index (χ2v) is 6.27. The van der Waals surface area contributed by atoms with Gasteiger partial charge in [0.2, 0.25) is 0 Å². The first-order valence-corrected chi connectivity index (χ1v) is 9.01. The number of esters is 2. The zero-order valence-corrected chi connectivity index (χ0v) is 16.4. The number of amides is 1. The molecule has 6 nitrogen and oxygen atoms in total. The zero-order valence-electron chi connectivity index (χ0n) is 14.9. The van der Waals surface area contributed by atoms with Crippen molar-refractivity contribution < 1.29 is 23.9 Å². The van der Waals surface area contributed by atoms with Gasteiger partial charge in [0.1, 0.15) is 0 Å². The molecular weight excluding hydrogens is 405 g/mol. The second-order valence-electron chi connectivity index (χ2n) is 5.46. The normalized spacial score (nSPS) is 10.5. The topological polar surface area (TPSA) is 81.7 Å². The van der Waals surface area contributed by atoms with E-state index in [1.54, 1.807) is 37.3 Å². The fourth-order valence-corrected chi connectivity index (χ4v) is 2.37. The number of anilines is 1. The van der Waals surface area contributed by atoms with Gasteiger partial charge >= 0.3 is 11.9 Å². The van der Waals surface area contributed by atoms with Crippen LogP contribution in [0.25, 0.3) is 6.08 Å². The maximum absolute atomic E-state index is 11.9. The lowest BCUT2D eigenvalue weighted by Gasteiger charge is -2.06. The molecule has 0 radical (unpaired) electrons. The molecule has 2 aromatic rings. The molecule has 1 amide bonds. The first-order valence-electron chi connectivity index (χ1n) is 8.26.